The quantitative estimate of drug-likeness (QED) is 0.665. The second kappa shape index (κ2) is 5.92. The molecule has 0 saturated heterocycles. The van der Waals surface area contributed by atoms with E-state index in [0.717, 1.165) is 24.3 Å². The standard InChI is InChI=1S/C12H17ClO/c1-3-4-5-8-14-12-7-6-10(2)9-11(12)13/h6-7,9H,3-5,8H2,1-2H3. The zero-order valence-electron chi connectivity index (χ0n) is 8.85. The van der Waals surface area contributed by atoms with E-state index < -0.39 is 0 Å². The highest BCUT2D eigenvalue weighted by Gasteiger charge is 2.00. The van der Waals surface area contributed by atoms with E-state index in [4.69, 9.17) is 16.3 Å². The fourth-order valence-electron chi connectivity index (χ4n) is 1.26. The second-order valence-electron chi connectivity index (χ2n) is 3.49. The predicted octanol–water partition coefficient (Wildman–Crippen LogP) is 4.22. The van der Waals surface area contributed by atoms with Crippen LogP contribution in [0.25, 0.3) is 0 Å². The molecule has 0 aliphatic rings. The molecule has 0 aliphatic heterocycles. The molecule has 1 aromatic rings. The van der Waals surface area contributed by atoms with Crippen LogP contribution in [0.5, 0.6) is 5.75 Å². The molecule has 1 rings (SSSR count). The summed E-state index contributed by atoms with van der Waals surface area (Å²) in [7, 11) is 0. The fraction of sp³-hybridized carbons (Fsp3) is 0.500. The molecule has 0 bridgehead atoms. The number of unbranched alkanes of at least 4 members (excludes halogenated alkanes) is 2. The minimum absolute atomic E-state index is 0.710. The average molecular weight is 213 g/mol. The molecule has 0 heterocycles. The summed E-state index contributed by atoms with van der Waals surface area (Å²) in [5.74, 6) is 0.799. The van der Waals surface area contributed by atoms with Gasteiger partial charge in [-0.15, -0.1) is 0 Å². The third-order valence-electron chi connectivity index (χ3n) is 2.09. The van der Waals surface area contributed by atoms with Crippen LogP contribution in [0, 0.1) is 6.92 Å². The van der Waals surface area contributed by atoms with Gasteiger partial charge in [0, 0.05) is 0 Å². The molecule has 0 spiro atoms. The number of rotatable bonds is 5. The van der Waals surface area contributed by atoms with Gasteiger partial charge in [-0.2, -0.15) is 0 Å². The maximum Gasteiger partial charge on any atom is 0.137 e. The molecular weight excluding hydrogens is 196 g/mol. The summed E-state index contributed by atoms with van der Waals surface area (Å²) in [5.41, 5.74) is 1.16. The first-order valence-corrected chi connectivity index (χ1v) is 5.50. The molecule has 1 aromatic carbocycles. The van der Waals surface area contributed by atoms with Crippen molar-refractivity contribution in [3.63, 3.8) is 0 Å². The number of aryl methyl sites for hydroxylation is 1. The van der Waals surface area contributed by atoms with Gasteiger partial charge >= 0.3 is 0 Å². The van der Waals surface area contributed by atoms with Crippen LogP contribution >= 0.6 is 11.6 Å². The molecule has 0 amide bonds. The Morgan fingerprint density at radius 1 is 1.29 bits per heavy atom. The van der Waals surface area contributed by atoms with E-state index >= 15 is 0 Å². The Balaban J connectivity index is 2.42. The highest BCUT2D eigenvalue weighted by Crippen LogP contribution is 2.25. The normalized spacial score (nSPS) is 10.2. The molecule has 1 nitrogen and oxygen atoms in total. The molecule has 0 aliphatic carbocycles. The van der Waals surface area contributed by atoms with Crippen molar-refractivity contribution in [3.8, 4) is 5.75 Å². The van der Waals surface area contributed by atoms with Crippen molar-refractivity contribution in [2.24, 2.45) is 0 Å². The molecule has 0 N–H and O–H groups in total. The lowest BCUT2D eigenvalue weighted by molar-refractivity contribution is 0.306. The van der Waals surface area contributed by atoms with Crippen LogP contribution in [-0.2, 0) is 0 Å². The maximum absolute atomic E-state index is 6.02. The third-order valence-corrected chi connectivity index (χ3v) is 2.39. The summed E-state index contributed by atoms with van der Waals surface area (Å²) < 4.78 is 5.56. The first-order valence-electron chi connectivity index (χ1n) is 5.13. The number of ether oxygens (including phenoxy) is 1. The minimum atomic E-state index is 0.710. The molecule has 0 saturated carbocycles. The average Bonchev–Trinajstić information content (AvgIpc) is 2.15. The summed E-state index contributed by atoms with van der Waals surface area (Å²) in [6.45, 7) is 4.96. The Morgan fingerprint density at radius 2 is 2.07 bits per heavy atom. The van der Waals surface area contributed by atoms with Crippen molar-refractivity contribution in [2.45, 2.75) is 33.1 Å². The smallest absolute Gasteiger partial charge is 0.137 e. The first-order chi connectivity index (χ1) is 6.74. The van der Waals surface area contributed by atoms with Crippen LogP contribution in [0.1, 0.15) is 31.7 Å². The van der Waals surface area contributed by atoms with Gasteiger partial charge in [0.05, 0.1) is 11.6 Å². The Bertz CT molecular complexity index is 284. The van der Waals surface area contributed by atoms with Gasteiger partial charge in [-0.1, -0.05) is 37.4 Å². The van der Waals surface area contributed by atoms with Gasteiger partial charge in [0.1, 0.15) is 5.75 Å². The van der Waals surface area contributed by atoms with E-state index in [1.54, 1.807) is 0 Å². The number of benzene rings is 1. The topological polar surface area (TPSA) is 9.23 Å². The van der Waals surface area contributed by atoms with Crippen LogP contribution in [0.4, 0.5) is 0 Å². The Kier molecular flexibility index (Phi) is 4.81. The van der Waals surface area contributed by atoms with Crippen molar-refractivity contribution in [1.82, 2.24) is 0 Å². The summed E-state index contributed by atoms with van der Waals surface area (Å²) >= 11 is 6.02. The SMILES string of the molecule is CCCCCOc1ccc(C)cc1Cl. The molecule has 0 fully saturated rings. The molecule has 0 aromatic heterocycles. The van der Waals surface area contributed by atoms with Crippen molar-refractivity contribution in [2.75, 3.05) is 6.61 Å². The summed E-state index contributed by atoms with van der Waals surface area (Å²) in [4.78, 5) is 0. The highest BCUT2D eigenvalue weighted by atomic mass is 35.5. The van der Waals surface area contributed by atoms with Gasteiger partial charge in [-0.25, -0.2) is 0 Å². The van der Waals surface area contributed by atoms with Gasteiger partial charge in [0.15, 0.2) is 0 Å². The number of hydrogen-bond donors (Lipinski definition) is 0. The first kappa shape index (κ1) is 11.4. The third kappa shape index (κ3) is 3.59. The fourth-order valence-corrected chi connectivity index (χ4v) is 1.55. The van der Waals surface area contributed by atoms with Crippen molar-refractivity contribution in [3.05, 3.63) is 28.8 Å². The highest BCUT2D eigenvalue weighted by molar-refractivity contribution is 6.32. The molecule has 0 radical (unpaired) electrons. The summed E-state index contributed by atoms with van der Waals surface area (Å²) in [5, 5.41) is 0.710. The summed E-state index contributed by atoms with van der Waals surface area (Å²) in [6, 6.07) is 5.88. The van der Waals surface area contributed by atoms with Crippen LogP contribution in [0.2, 0.25) is 5.02 Å². The lowest BCUT2D eigenvalue weighted by atomic mass is 10.2. The van der Waals surface area contributed by atoms with E-state index in [1.807, 2.05) is 25.1 Å². The zero-order valence-corrected chi connectivity index (χ0v) is 9.60. The number of hydrogen-bond acceptors (Lipinski definition) is 1. The minimum Gasteiger partial charge on any atom is -0.492 e. The van der Waals surface area contributed by atoms with Crippen LogP contribution < -0.4 is 4.74 Å². The van der Waals surface area contributed by atoms with Gasteiger partial charge < -0.3 is 4.74 Å². The predicted molar refractivity (Wildman–Crippen MR) is 61.2 cm³/mol. The van der Waals surface area contributed by atoms with Gasteiger partial charge in [-0.3, -0.25) is 0 Å². The monoisotopic (exact) mass is 212 g/mol. The number of halogens is 1. The van der Waals surface area contributed by atoms with E-state index in [9.17, 15) is 0 Å². The molecule has 0 unspecified atom stereocenters. The van der Waals surface area contributed by atoms with Crippen LogP contribution in [0.15, 0.2) is 18.2 Å². The second-order valence-corrected chi connectivity index (χ2v) is 3.90. The van der Waals surface area contributed by atoms with Crippen molar-refractivity contribution in [1.29, 1.82) is 0 Å². The van der Waals surface area contributed by atoms with Crippen molar-refractivity contribution < 1.29 is 4.74 Å². The molecule has 0 atom stereocenters. The van der Waals surface area contributed by atoms with Gasteiger partial charge in [0.2, 0.25) is 0 Å². The molecular formula is C12H17ClO. The molecule has 14 heavy (non-hydrogen) atoms. The Hall–Kier alpha value is -0.690. The van der Waals surface area contributed by atoms with E-state index in [-0.39, 0.29) is 0 Å². The largest absolute Gasteiger partial charge is 0.492 e. The van der Waals surface area contributed by atoms with E-state index in [2.05, 4.69) is 6.92 Å². The Morgan fingerprint density at radius 3 is 2.71 bits per heavy atom. The zero-order chi connectivity index (χ0) is 10.4. The van der Waals surface area contributed by atoms with E-state index in [0.29, 0.717) is 5.02 Å². The van der Waals surface area contributed by atoms with Crippen LogP contribution in [-0.4, -0.2) is 6.61 Å². The molecule has 2 heteroatoms. The Labute approximate surface area is 91.0 Å². The lowest BCUT2D eigenvalue weighted by Crippen LogP contribution is -1.97. The lowest BCUT2D eigenvalue weighted by Gasteiger charge is -2.07. The van der Waals surface area contributed by atoms with Crippen molar-refractivity contribution >= 4 is 11.6 Å². The molecule has 78 valence electrons. The van der Waals surface area contributed by atoms with Gasteiger partial charge in [0.25, 0.3) is 0 Å². The van der Waals surface area contributed by atoms with E-state index in [1.165, 1.54) is 12.8 Å². The summed E-state index contributed by atoms with van der Waals surface area (Å²) in [6.07, 6.45) is 3.52. The van der Waals surface area contributed by atoms with Crippen LogP contribution in [0.3, 0.4) is 0 Å². The van der Waals surface area contributed by atoms with Gasteiger partial charge in [-0.05, 0) is 31.0 Å². The maximum atomic E-state index is 6.02.